The summed E-state index contributed by atoms with van der Waals surface area (Å²) in [7, 11) is 0. The number of anilines is 1. The zero-order valence-electron chi connectivity index (χ0n) is 21.6. The summed E-state index contributed by atoms with van der Waals surface area (Å²) in [4.78, 5) is 20.4. The van der Waals surface area contributed by atoms with Crippen molar-refractivity contribution in [3.05, 3.63) is 106 Å². The molecule has 1 atom stereocenters. The Labute approximate surface area is 245 Å². The number of hydrogen-bond donors (Lipinski definition) is 1. The van der Waals surface area contributed by atoms with Gasteiger partial charge in [0.05, 0.1) is 21.9 Å². The van der Waals surface area contributed by atoms with Crippen LogP contribution in [0.15, 0.2) is 95.6 Å². The molecular formula is C31H27BrClN5O2. The molecule has 2 aromatic heterocycles. The molecule has 0 spiro atoms. The van der Waals surface area contributed by atoms with E-state index in [1.54, 1.807) is 10.7 Å². The minimum Gasteiger partial charge on any atom is -0.457 e. The molecule has 1 saturated heterocycles. The number of carbonyl (C=O) groups excluding carboxylic acids is 1. The van der Waals surface area contributed by atoms with Crippen molar-refractivity contribution in [2.75, 3.05) is 25.0 Å². The minimum absolute atomic E-state index is 0.0143. The number of likely N-dealkylation sites (tertiary alicyclic amines) is 1. The average Bonchev–Trinajstić information content (AvgIpc) is 3.37. The molecule has 0 radical (unpaired) electrons. The van der Waals surface area contributed by atoms with Crippen LogP contribution in [0.1, 0.15) is 23.2 Å². The van der Waals surface area contributed by atoms with Gasteiger partial charge in [0.2, 0.25) is 0 Å². The van der Waals surface area contributed by atoms with Gasteiger partial charge in [-0.3, -0.25) is 4.79 Å². The molecular weight excluding hydrogens is 590 g/mol. The highest BCUT2D eigenvalue weighted by molar-refractivity contribution is 9.10. The number of halogens is 2. The molecule has 9 heteroatoms. The minimum atomic E-state index is -0.0143. The number of benzene rings is 3. The number of piperidine rings is 1. The summed E-state index contributed by atoms with van der Waals surface area (Å²) < 4.78 is 8.65. The number of fused-ring (bicyclic) bond motifs is 1. The Morgan fingerprint density at radius 1 is 1.05 bits per heavy atom. The van der Waals surface area contributed by atoms with Gasteiger partial charge in [0.25, 0.3) is 5.91 Å². The van der Waals surface area contributed by atoms with E-state index in [2.05, 4.69) is 26.3 Å². The van der Waals surface area contributed by atoms with Gasteiger partial charge in [-0.15, -0.1) is 0 Å². The number of nitrogens with one attached hydrogen (secondary N) is 1. The molecule has 1 aliphatic rings. The van der Waals surface area contributed by atoms with Crippen molar-refractivity contribution in [1.29, 1.82) is 0 Å². The first kappa shape index (κ1) is 26.3. The number of carbonyl (C=O) groups is 1. The predicted octanol–water partition coefficient (Wildman–Crippen LogP) is 7.57. The summed E-state index contributed by atoms with van der Waals surface area (Å²) in [5, 5.41) is 8.71. The fourth-order valence-electron chi connectivity index (χ4n) is 5.05. The number of ether oxygens (including phenoxy) is 1. The SMILES string of the molecule is O=C(c1ccccc1Oc1ccccc1)N1CCCC(CNc2cc(-c3ccccc3Cl)nc3c(Br)cnn23)C1. The Kier molecular flexibility index (Phi) is 7.71. The monoisotopic (exact) mass is 615 g/mol. The van der Waals surface area contributed by atoms with E-state index in [0.29, 0.717) is 40.8 Å². The summed E-state index contributed by atoms with van der Waals surface area (Å²) in [6.07, 6.45) is 3.69. The third kappa shape index (κ3) is 5.55. The van der Waals surface area contributed by atoms with E-state index in [0.717, 1.165) is 40.9 Å². The Hall–Kier alpha value is -3.88. The second kappa shape index (κ2) is 11.7. The van der Waals surface area contributed by atoms with Crippen LogP contribution in [0.3, 0.4) is 0 Å². The summed E-state index contributed by atoms with van der Waals surface area (Å²) in [6, 6.07) is 26.6. The number of para-hydroxylation sites is 2. The van der Waals surface area contributed by atoms with Crippen LogP contribution in [-0.4, -0.2) is 45.0 Å². The van der Waals surface area contributed by atoms with Crippen molar-refractivity contribution in [3.63, 3.8) is 0 Å². The molecule has 5 aromatic rings. The van der Waals surface area contributed by atoms with E-state index in [-0.39, 0.29) is 11.8 Å². The largest absolute Gasteiger partial charge is 0.457 e. The molecule has 0 bridgehead atoms. The topological polar surface area (TPSA) is 71.8 Å². The normalized spacial score (nSPS) is 15.2. The maximum atomic E-state index is 13.6. The molecule has 1 aliphatic heterocycles. The lowest BCUT2D eigenvalue weighted by atomic mass is 9.97. The van der Waals surface area contributed by atoms with Gasteiger partial charge in [0.1, 0.15) is 17.3 Å². The van der Waals surface area contributed by atoms with Crippen molar-refractivity contribution in [3.8, 4) is 22.8 Å². The molecule has 1 amide bonds. The average molecular weight is 617 g/mol. The molecule has 1 unspecified atom stereocenters. The van der Waals surface area contributed by atoms with Crippen molar-refractivity contribution in [2.45, 2.75) is 12.8 Å². The van der Waals surface area contributed by atoms with Gasteiger partial charge in [-0.2, -0.15) is 9.61 Å². The Bertz CT molecular complexity index is 1660. The standard InChI is InChI=1S/C31H27BrClN5O2/c32-25-19-35-38-29(17-27(36-30(25)38)23-12-4-6-14-26(23)33)34-18-21-9-8-16-37(20-21)31(39)24-13-5-7-15-28(24)40-22-10-2-1-3-11-22/h1-7,10-15,17,19,21,34H,8-9,16,18,20H2. The molecule has 1 N–H and O–H groups in total. The van der Waals surface area contributed by atoms with Crippen LogP contribution in [0.4, 0.5) is 5.82 Å². The highest BCUT2D eigenvalue weighted by Crippen LogP contribution is 2.31. The zero-order chi connectivity index (χ0) is 27.5. The highest BCUT2D eigenvalue weighted by Gasteiger charge is 2.27. The maximum Gasteiger partial charge on any atom is 0.257 e. The molecule has 1 fully saturated rings. The second-order valence-electron chi connectivity index (χ2n) is 9.79. The number of hydrogen-bond acceptors (Lipinski definition) is 5. The van der Waals surface area contributed by atoms with Gasteiger partial charge in [0.15, 0.2) is 5.65 Å². The Morgan fingerprint density at radius 3 is 2.67 bits per heavy atom. The van der Waals surface area contributed by atoms with Crippen LogP contribution in [-0.2, 0) is 0 Å². The third-order valence-electron chi connectivity index (χ3n) is 7.05. The molecule has 40 heavy (non-hydrogen) atoms. The zero-order valence-corrected chi connectivity index (χ0v) is 24.0. The van der Waals surface area contributed by atoms with Gasteiger partial charge >= 0.3 is 0 Å². The number of amides is 1. The fraction of sp³-hybridized carbons (Fsp3) is 0.194. The van der Waals surface area contributed by atoms with Crippen molar-refractivity contribution >= 4 is 44.9 Å². The molecule has 0 saturated carbocycles. The lowest BCUT2D eigenvalue weighted by Gasteiger charge is -2.33. The van der Waals surface area contributed by atoms with E-state index in [4.69, 9.17) is 21.3 Å². The molecule has 6 rings (SSSR count). The second-order valence-corrected chi connectivity index (χ2v) is 11.0. The van der Waals surface area contributed by atoms with E-state index in [1.807, 2.05) is 89.8 Å². The molecule has 0 aliphatic carbocycles. The van der Waals surface area contributed by atoms with Gasteiger partial charge < -0.3 is 15.0 Å². The van der Waals surface area contributed by atoms with Gasteiger partial charge in [-0.05, 0) is 65.0 Å². The van der Waals surface area contributed by atoms with Crippen molar-refractivity contribution in [2.24, 2.45) is 5.92 Å². The quantitative estimate of drug-likeness (QED) is 0.204. The van der Waals surface area contributed by atoms with Crippen LogP contribution >= 0.6 is 27.5 Å². The summed E-state index contributed by atoms with van der Waals surface area (Å²) in [5.74, 6) is 2.34. The van der Waals surface area contributed by atoms with Crippen molar-refractivity contribution < 1.29 is 9.53 Å². The number of nitrogens with zero attached hydrogens (tertiary/aromatic N) is 4. The van der Waals surface area contributed by atoms with Crippen LogP contribution in [0.2, 0.25) is 5.02 Å². The van der Waals surface area contributed by atoms with Crippen LogP contribution in [0, 0.1) is 5.92 Å². The lowest BCUT2D eigenvalue weighted by molar-refractivity contribution is 0.0677. The number of aromatic nitrogens is 3. The molecule has 202 valence electrons. The van der Waals surface area contributed by atoms with Crippen LogP contribution in [0.25, 0.3) is 16.9 Å². The van der Waals surface area contributed by atoms with E-state index < -0.39 is 0 Å². The highest BCUT2D eigenvalue weighted by atomic mass is 79.9. The summed E-state index contributed by atoms with van der Waals surface area (Å²) in [6.45, 7) is 2.06. The van der Waals surface area contributed by atoms with Gasteiger partial charge in [-0.25, -0.2) is 4.98 Å². The van der Waals surface area contributed by atoms with E-state index in [9.17, 15) is 4.79 Å². The predicted molar refractivity (Wildman–Crippen MR) is 161 cm³/mol. The smallest absolute Gasteiger partial charge is 0.257 e. The number of rotatable bonds is 7. The lowest BCUT2D eigenvalue weighted by Crippen LogP contribution is -2.42. The first-order valence-electron chi connectivity index (χ1n) is 13.2. The molecule has 7 nitrogen and oxygen atoms in total. The van der Waals surface area contributed by atoms with Crippen molar-refractivity contribution in [1.82, 2.24) is 19.5 Å². The van der Waals surface area contributed by atoms with Crippen LogP contribution in [0.5, 0.6) is 11.5 Å². The summed E-state index contributed by atoms with van der Waals surface area (Å²) in [5.41, 5.74) is 2.89. The first-order chi connectivity index (χ1) is 19.6. The first-order valence-corrected chi connectivity index (χ1v) is 14.4. The van der Waals surface area contributed by atoms with Gasteiger partial charge in [-0.1, -0.05) is 60.1 Å². The maximum absolute atomic E-state index is 13.6. The molecule has 3 aromatic carbocycles. The van der Waals surface area contributed by atoms with Crippen LogP contribution < -0.4 is 10.1 Å². The van der Waals surface area contributed by atoms with E-state index >= 15 is 0 Å². The van der Waals surface area contributed by atoms with E-state index in [1.165, 1.54) is 0 Å². The fourth-order valence-corrected chi connectivity index (χ4v) is 5.63. The van der Waals surface area contributed by atoms with Gasteiger partial charge in [0, 0.05) is 36.3 Å². The third-order valence-corrected chi connectivity index (χ3v) is 7.93. The Morgan fingerprint density at radius 2 is 1.82 bits per heavy atom. The summed E-state index contributed by atoms with van der Waals surface area (Å²) >= 11 is 10.1. The molecule has 3 heterocycles. The Balaban J connectivity index is 1.19.